The first-order chi connectivity index (χ1) is 12.8. The second-order valence-electron chi connectivity index (χ2n) is 7.34. The topological polar surface area (TPSA) is 33.3 Å². The molecule has 3 rings (SSSR count). The van der Waals surface area contributed by atoms with E-state index in [1.807, 2.05) is 30.3 Å². The van der Waals surface area contributed by atoms with Gasteiger partial charge >= 0.3 is 0 Å². The summed E-state index contributed by atoms with van der Waals surface area (Å²) in [5, 5.41) is 7.54. The number of nitrogens with one attached hydrogen (secondary N) is 2. The standard InChI is InChI=1S/C23H32N2O/c1-3-9-23(25-18(2)22-12-7-8-17-24-22)19-13-15-21(16-14-19)26-20-10-5-4-6-11-20/h4-6,10-11,13-16,18,22-25H,3,7-9,12,17H2,1-2H3. The zero-order valence-electron chi connectivity index (χ0n) is 16.1. The first-order valence-electron chi connectivity index (χ1n) is 10.1. The first-order valence-corrected chi connectivity index (χ1v) is 10.1. The van der Waals surface area contributed by atoms with Crippen molar-refractivity contribution in [3.8, 4) is 11.5 Å². The van der Waals surface area contributed by atoms with E-state index in [1.54, 1.807) is 0 Å². The number of hydrogen-bond donors (Lipinski definition) is 2. The van der Waals surface area contributed by atoms with Gasteiger partial charge < -0.3 is 15.4 Å². The molecule has 3 heteroatoms. The lowest BCUT2D eigenvalue weighted by molar-refractivity contribution is 0.298. The number of piperidine rings is 1. The maximum absolute atomic E-state index is 5.92. The van der Waals surface area contributed by atoms with Crippen molar-refractivity contribution in [3.05, 3.63) is 60.2 Å². The van der Waals surface area contributed by atoms with Crippen molar-refractivity contribution >= 4 is 0 Å². The summed E-state index contributed by atoms with van der Waals surface area (Å²) in [6.45, 7) is 5.73. The SMILES string of the molecule is CCCC(NC(C)C1CCCCN1)c1ccc(Oc2ccccc2)cc1. The average Bonchev–Trinajstić information content (AvgIpc) is 2.70. The summed E-state index contributed by atoms with van der Waals surface area (Å²) in [6, 6.07) is 20.0. The average molecular weight is 353 g/mol. The van der Waals surface area contributed by atoms with Gasteiger partial charge in [0.25, 0.3) is 0 Å². The van der Waals surface area contributed by atoms with Gasteiger partial charge in [-0.25, -0.2) is 0 Å². The largest absolute Gasteiger partial charge is 0.457 e. The molecule has 140 valence electrons. The van der Waals surface area contributed by atoms with Gasteiger partial charge in [0.05, 0.1) is 0 Å². The molecule has 26 heavy (non-hydrogen) atoms. The highest BCUT2D eigenvalue weighted by Crippen LogP contribution is 2.26. The Morgan fingerprint density at radius 2 is 1.77 bits per heavy atom. The Morgan fingerprint density at radius 1 is 1.04 bits per heavy atom. The van der Waals surface area contributed by atoms with Crippen LogP contribution in [0.3, 0.4) is 0 Å². The van der Waals surface area contributed by atoms with E-state index in [-0.39, 0.29) is 0 Å². The highest BCUT2D eigenvalue weighted by molar-refractivity contribution is 5.34. The highest BCUT2D eigenvalue weighted by atomic mass is 16.5. The predicted molar refractivity (Wildman–Crippen MR) is 109 cm³/mol. The Hall–Kier alpha value is -1.84. The Balaban J connectivity index is 1.63. The Bertz CT molecular complexity index is 635. The molecule has 0 radical (unpaired) electrons. The molecule has 3 atom stereocenters. The molecule has 2 aromatic carbocycles. The van der Waals surface area contributed by atoms with Crippen LogP contribution in [-0.2, 0) is 0 Å². The molecule has 1 aliphatic heterocycles. The van der Waals surface area contributed by atoms with Crippen LogP contribution in [0.5, 0.6) is 11.5 Å². The molecule has 1 fully saturated rings. The van der Waals surface area contributed by atoms with Crippen molar-refractivity contribution in [2.45, 2.75) is 64.1 Å². The van der Waals surface area contributed by atoms with Gasteiger partial charge in [-0.15, -0.1) is 0 Å². The molecule has 0 spiro atoms. The van der Waals surface area contributed by atoms with Gasteiger partial charge in [-0.2, -0.15) is 0 Å². The van der Waals surface area contributed by atoms with Crippen LogP contribution in [0.15, 0.2) is 54.6 Å². The van der Waals surface area contributed by atoms with Crippen LogP contribution in [0, 0.1) is 0 Å². The minimum Gasteiger partial charge on any atom is -0.457 e. The molecule has 2 aromatic rings. The van der Waals surface area contributed by atoms with E-state index in [0.29, 0.717) is 18.1 Å². The van der Waals surface area contributed by atoms with Gasteiger partial charge in [0.15, 0.2) is 0 Å². The van der Waals surface area contributed by atoms with Crippen LogP contribution in [0.4, 0.5) is 0 Å². The Labute approximate surface area is 158 Å². The normalized spacial score (nSPS) is 19.7. The Kier molecular flexibility index (Phi) is 7.10. The minimum atomic E-state index is 0.393. The van der Waals surface area contributed by atoms with E-state index in [0.717, 1.165) is 24.5 Å². The van der Waals surface area contributed by atoms with E-state index >= 15 is 0 Å². The van der Waals surface area contributed by atoms with Crippen LogP contribution in [0.2, 0.25) is 0 Å². The fourth-order valence-corrected chi connectivity index (χ4v) is 3.77. The molecule has 1 heterocycles. The summed E-state index contributed by atoms with van der Waals surface area (Å²) in [4.78, 5) is 0. The minimum absolute atomic E-state index is 0.393. The molecule has 0 aromatic heterocycles. The van der Waals surface area contributed by atoms with Crippen molar-refractivity contribution in [1.29, 1.82) is 0 Å². The van der Waals surface area contributed by atoms with Gasteiger partial charge in [0.1, 0.15) is 11.5 Å². The summed E-state index contributed by atoms with van der Waals surface area (Å²) in [5.74, 6) is 1.76. The molecule has 2 N–H and O–H groups in total. The van der Waals surface area contributed by atoms with Crippen molar-refractivity contribution in [2.24, 2.45) is 0 Å². The molecule has 3 nitrogen and oxygen atoms in total. The molecule has 0 bridgehead atoms. The molecule has 0 amide bonds. The number of ether oxygens (including phenoxy) is 1. The van der Waals surface area contributed by atoms with E-state index in [9.17, 15) is 0 Å². The van der Waals surface area contributed by atoms with Gasteiger partial charge in [-0.3, -0.25) is 0 Å². The van der Waals surface area contributed by atoms with Gasteiger partial charge in [-0.05, 0) is 62.6 Å². The van der Waals surface area contributed by atoms with Crippen LogP contribution in [0.25, 0.3) is 0 Å². The maximum Gasteiger partial charge on any atom is 0.127 e. The summed E-state index contributed by atoms with van der Waals surface area (Å²) < 4.78 is 5.92. The smallest absolute Gasteiger partial charge is 0.127 e. The van der Waals surface area contributed by atoms with E-state index in [4.69, 9.17) is 4.74 Å². The third-order valence-corrected chi connectivity index (χ3v) is 5.25. The van der Waals surface area contributed by atoms with Crippen molar-refractivity contribution < 1.29 is 4.74 Å². The predicted octanol–water partition coefficient (Wildman–Crippen LogP) is 5.44. The quantitative estimate of drug-likeness (QED) is 0.663. The van der Waals surface area contributed by atoms with Crippen molar-refractivity contribution in [1.82, 2.24) is 10.6 Å². The molecule has 0 saturated carbocycles. The molecule has 3 unspecified atom stereocenters. The third kappa shape index (κ3) is 5.33. The maximum atomic E-state index is 5.92. The first kappa shape index (κ1) is 18.9. The Morgan fingerprint density at radius 3 is 2.42 bits per heavy atom. The lowest BCUT2D eigenvalue weighted by Gasteiger charge is -2.33. The third-order valence-electron chi connectivity index (χ3n) is 5.25. The van der Waals surface area contributed by atoms with Crippen LogP contribution < -0.4 is 15.4 Å². The molecule has 0 aliphatic carbocycles. The van der Waals surface area contributed by atoms with Crippen LogP contribution in [0.1, 0.15) is 57.6 Å². The zero-order chi connectivity index (χ0) is 18.2. The molecule has 1 aliphatic rings. The van der Waals surface area contributed by atoms with E-state index < -0.39 is 0 Å². The van der Waals surface area contributed by atoms with Crippen molar-refractivity contribution in [2.75, 3.05) is 6.54 Å². The lowest BCUT2D eigenvalue weighted by Crippen LogP contribution is -2.49. The number of benzene rings is 2. The molecular weight excluding hydrogens is 320 g/mol. The van der Waals surface area contributed by atoms with E-state index in [1.165, 1.54) is 31.2 Å². The number of rotatable bonds is 8. The summed E-state index contributed by atoms with van der Waals surface area (Å²) in [6.07, 6.45) is 6.25. The van der Waals surface area contributed by atoms with Gasteiger partial charge in [0, 0.05) is 18.1 Å². The lowest BCUT2D eigenvalue weighted by atomic mass is 9.96. The fourth-order valence-electron chi connectivity index (χ4n) is 3.77. The monoisotopic (exact) mass is 352 g/mol. The number of para-hydroxylation sites is 1. The fraction of sp³-hybridized carbons (Fsp3) is 0.478. The van der Waals surface area contributed by atoms with Crippen molar-refractivity contribution in [3.63, 3.8) is 0 Å². The van der Waals surface area contributed by atoms with E-state index in [2.05, 4.69) is 48.7 Å². The van der Waals surface area contributed by atoms with Crippen LogP contribution in [-0.4, -0.2) is 18.6 Å². The number of hydrogen-bond acceptors (Lipinski definition) is 3. The molecular formula is C23H32N2O. The molecule has 1 saturated heterocycles. The second kappa shape index (κ2) is 9.75. The summed E-state index contributed by atoms with van der Waals surface area (Å²) >= 11 is 0. The highest BCUT2D eigenvalue weighted by Gasteiger charge is 2.22. The second-order valence-corrected chi connectivity index (χ2v) is 7.34. The summed E-state index contributed by atoms with van der Waals surface area (Å²) in [5.41, 5.74) is 1.34. The van der Waals surface area contributed by atoms with Gasteiger partial charge in [-0.1, -0.05) is 50.1 Å². The van der Waals surface area contributed by atoms with Crippen LogP contribution >= 0.6 is 0 Å². The summed E-state index contributed by atoms with van der Waals surface area (Å²) in [7, 11) is 0. The van der Waals surface area contributed by atoms with Gasteiger partial charge in [0.2, 0.25) is 0 Å². The zero-order valence-corrected chi connectivity index (χ0v) is 16.1.